The van der Waals surface area contributed by atoms with Gasteiger partial charge in [0.1, 0.15) is 22.7 Å². The first kappa shape index (κ1) is 20.7. The van der Waals surface area contributed by atoms with Gasteiger partial charge in [-0.15, -0.1) is 0 Å². The van der Waals surface area contributed by atoms with Crippen molar-refractivity contribution in [1.29, 1.82) is 0 Å². The fourth-order valence-electron chi connectivity index (χ4n) is 3.65. The van der Waals surface area contributed by atoms with Crippen molar-refractivity contribution in [3.05, 3.63) is 40.5 Å². The van der Waals surface area contributed by atoms with Crippen LogP contribution in [0.4, 0.5) is 4.79 Å². The first-order valence-electron chi connectivity index (χ1n) is 10.0. The molecule has 3 aromatic rings. The van der Waals surface area contributed by atoms with Gasteiger partial charge in [0, 0.05) is 24.8 Å². The van der Waals surface area contributed by atoms with Crippen molar-refractivity contribution in [2.45, 2.75) is 45.1 Å². The molecule has 2 aromatic heterocycles. The number of benzene rings is 1. The molecule has 0 aliphatic carbocycles. The highest BCUT2D eigenvalue weighted by Crippen LogP contribution is 2.32. The van der Waals surface area contributed by atoms with Gasteiger partial charge in [-0.3, -0.25) is 0 Å². The highest BCUT2D eigenvalue weighted by Gasteiger charge is 2.27. The lowest BCUT2D eigenvalue weighted by atomic mass is 9.90. The van der Waals surface area contributed by atoms with E-state index in [4.69, 9.17) is 4.74 Å². The van der Waals surface area contributed by atoms with Crippen LogP contribution in [0.2, 0.25) is 0 Å². The molecule has 8 heteroatoms. The van der Waals surface area contributed by atoms with E-state index in [1.807, 2.05) is 39.1 Å². The van der Waals surface area contributed by atoms with Crippen molar-refractivity contribution in [3.8, 4) is 17.1 Å². The molecule has 1 aromatic carbocycles. The average molecular weight is 473 g/mol. The Balaban J connectivity index is 1.48. The zero-order chi connectivity index (χ0) is 21.5. The maximum Gasteiger partial charge on any atom is 0.410 e. The Morgan fingerprint density at radius 1 is 1.27 bits per heavy atom. The summed E-state index contributed by atoms with van der Waals surface area (Å²) < 4.78 is 6.09. The van der Waals surface area contributed by atoms with E-state index in [2.05, 4.69) is 36.9 Å². The van der Waals surface area contributed by atoms with Crippen molar-refractivity contribution >= 4 is 33.2 Å². The second-order valence-electron chi connectivity index (χ2n) is 8.63. The van der Waals surface area contributed by atoms with E-state index in [0.29, 0.717) is 29.3 Å². The zero-order valence-corrected chi connectivity index (χ0v) is 18.9. The van der Waals surface area contributed by atoms with Gasteiger partial charge in [0.2, 0.25) is 0 Å². The number of hydrogen-bond donors (Lipinski definition) is 2. The number of ether oxygens (including phenoxy) is 1. The van der Waals surface area contributed by atoms with Gasteiger partial charge in [-0.25, -0.2) is 14.8 Å². The summed E-state index contributed by atoms with van der Waals surface area (Å²) in [6, 6.07) is 7.33. The Kier molecular flexibility index (Phi) is 5.44. The summed E-state index contributed by atoms with van der Waals surface area (Å²) in [5, 5.41) is 9.70. The number of pyridine rings is 1. The van der Waals surface area contributed by atoms with Crippen molar-refractivity contribution in [1.82, 2.24) is 19.9 Å². The third kappa shape index (κ3) is 4.43. The van der Waals surface area contributed by atoms with Gasteiger partial charge in [0.05, 0.1) is 4.47 Å². The van der Waals surface area contributed by atoms with Crippen LogP contribution in [-0.4, -0.2) is 49.7 Å². The Hall–Kier alpha value is -2.61. The number of fused-ring (bicyclic) bond motifs is 1. The second kappa shape index (κ2) is 7.91. The van der Waals surface area contributed by atoms with Crippen LogP contribution in [0.3, 0.4) is 0 Å². The number of carbonyl (C=O) groups excluding carboxylic acids is 1. The van der Waals surface area contributed by atoms with Crippen LogP contribution >= 0.6 is 15.9 Å². The number of aromatic amines is 1. The minimum Gasteiger partial charge on any atom is -0.507 e. The molecule has 1 amide bonds. The minimum atomic E-state index is -0.479. The molecule has 7 nitrogen and oxygen atoms in total. The molecule has 0 unspecified atom stereocenters. The molecular weight excluding hydrogens is 448 g/mol. The number of likely N-dealkylation sites (tertiary alicyclic amines) is 1. The van der Waals surface area contributed by atoms with Crippen LogP contribution < -0.4 is 0 Å². The molecule has 0 atom stereocenters. The number of nitrogens with one attached hydrogen (secondary N) is 1. The predicted octanol–water partition coefficient (Wildman–Crippen LogP) is 5.21. The van der Waals surface area contributed by atoms with E-state index < -0.39 is 5.60 Å². The molecule has 30 heavy (non-hydrogen) atoms. The maximum atomic E-state index is 12.3. The Labute approximate surface area is 183 Å². The molecule has 0 spiro atoms. The number of aromatic nitrogens is 3. The molecule has 2 N–H and O–H groups in total. The number of phenols is 1. The first-order valence-corrected chi connectivity index (χ1v) is 10.8. The van der Waals surface area contributed by atoms with Crippen molar-refractivity contribution in [2.24, 2.45) is 0 Å². The van der Waals surface area contributed by atoms with Crippen molar-refractivity contribution in [2.75, 3.05) is 13.1 Å². The molecule has 1 aliphatic rings. The number of H-pyrrole nitrogens is 1. The summed E-state index contributed by atoms with van der Waals surface area (Å²) in [5.74, 6) is 1.23. The van der Waals surface area contributed by atoms with E-state index in [1.165, 1.54) is 0 Å². The van der Waals surface area contributed by atoms with Crippen LogP contribution in [0.1, 0.15) is 45.1 Å². The number of aromatic hydroxyl groups is 1. The van der Waals surface area contributed by atoms with Crippen molar-refractivity contribution < 1.29 is 14.6 Å². The van der Waals surface area contributed by atoms with Gasteiger partial charge in [0.15, 0.2) is 5.65 Å². The van der Waals surface area contributed by atoms with Crippen LogP contribution in [0, 0.1) is 0 Å². The molecule has 0 radical (unpaired) electrons. The number of phenolic OH excluding ortho intramolecular Hbond substituents is 1. The number of piperidine rings is 1. The van der Waals surface area contributed by atoms with Gasteiger partial charge in [-0.2, -0.15) is 0 Å². The highest BCUT2D eigenvalue weighted by atomic mass is 79.9. The number of imidazole rings is 1. The Bertz CT molecular complexity index is 1080. The van der Waals surface area contributed by atoms with E-state index >= 15 is 0 Å². The third-order valence-electron chi connectivity index (χ3n) is 5.20. The van der Waals surface area contributed by atoms with E-state index in [1.54, 1.807) is 11.0 Å². The molecule has 4 rings (SSSR count). The van der Waals surface area contributed by atoms with Crippen molar-refractivity contribution in [3.63, 3.8) is 0 Å². The summed E-state index contributed by atoms with van der Waals surface area (Å²) in [7, 11) is 0. The van der Waals surface area contributed by atoms with E-state index in [-0.39, 0.29) is 11.8 Å². The fraction of sp³-hybridized carbons (Fsp3) is 0.409. The van der Waals surface area contributed by atoms with Gasteiger partial charge < -0.3 is 19.7 Å². The van der Waals surface area contributed by atoms with E-state index in [9.17, 15) is 9.90 Å². The lowest BCUT2D eigenvalue weighted by Gasteiger charge is -2.33. The normalized spacial score (nSPS) is 15.5. The summed E-state index contributed by atoms with van der Waals surface area (Å²) >= 11 is 3.34. The quantitative estimate of drug-likeness (QED) is 0.534. The molecule has 1 aliphatic heterocycles. The summed E-state index contributed by atoms with van der Waals surface area (Å²) in [4.78, 5) is 26.5. The summed E-state index contributed by atoms with van der Waals surface area (Å²) in [5.41, 5.74) is 3.06. The van der Waals surface area contributed by atoms with Crippen LogP contribution in [-0.2, 0) is 4.74 Å². The second-order valence-corrected chi connectivity index (χ2v) is 9.48. The number of rotatable bonds is 2. The van der Waals surface area contributed by atoms with Gasteiger partial charge in [0.25, 0.3) is 0 Å². The predicted molar refractivity (Wildman–Crippen MR) is 118 cm³/mol. The monoisotopic (exact) mass is 472 g/mol. The number of amides is 1. The lowest BCUT2D eigenvalue weighted by Crippen LogP contribution is -2.41. The number of nitrogens with zero attached hydrogens (tertiary/aromatic N) is 3. The fourth-order valence-corrected chi connectivity index (χ4v) is 4.03. The molecule has 1 saturated heterocycles. The van der Waals surface area contributed by atoms with Crippen LogP contribution in [0.25, 0.3) is 22.6 Å². The SMILES string of the molecule is CC(C)(C)OC(=O)N1CCC(c2cnc3[nH]c(-c4ccc(O)c(Br)c4)nc3c2)CC1. The van der Waals surface area contributed by atoms with Crippen LogP contribution in [0.15, 0.2) is 34.9 Å². The molecule has 0 bridgehead atoms. The van der Waals surface area contributed by atoms with Crippen LogP contribution in [0.5, 0.6) is 5.75 Å². The van der Waals surface area contributed by atoms with Gasteiger partial charge in [-0.1, -0.05) is 0 Å². The molecule has 0 saturated carbocycles. The number of halogens is 1. The molecular formula is C22H25BrN4O3. The largest absolute Gasteiger partial charge is 0.507 e. The Morgan fingerprint density at radius 2 is 2.00 bits per heavy atom. The van der Waals surface area contributed by atoms with Gasteiger partial charge in [-0.05, 0) is 85.3 Å². The van der Waals surface area contributed by atoms with Gasteiger partial charge >= 0.3 is 6.09 Å². The summed E-state index contributed by atoms with van der Waals surface area (Å²) in [6.45, 7) is 6.99. The lowest BCUT2D eigenvalue weighted by molar-refractivity contribution is 0.0205. The molecule has 158 valence electrons. The standard InChI is InChI=1S/C22H25BrN4O3/c1-22(2,3)30-21(29)27-8-6-13(7-9-27)15-11-17-20(24-12-15)26-19(25-17)14-4-5-18(28)16(23)10-14/h4-5,10-13,28H,6-9H2,1-3H3,(H,24,25,26). The topological polar surface area (TPSA) is 91.3 Å². The minimum absolute atomic E-state index is 0.188. The maximum absolute atomic E-state index is 12.3. The van der Waals surface area contributed by atoms with E-state index in [0.717, 1.165) is 35.1 Å². The summed E-state index contributed by atoms with van der Waals surface area (Å²) in [6.07, 6.45) is 3.39. The zero-order valence-electron chi connectivity index (χ0n) is 17.3. The third-order valence-corrected chi connectivity index (χ3v) is 5.83. The average Bonchev–Trinajstić information content (AvgIpc) is 3.12. The Morgan fingerprint density at radius 3 is 2.67 bits per heavy atom. The highest BCUT2D eigenvalue weighted by molar-refractivity contribution is 9.10. The first-order chi connectivity index (χ1) is 14.2. The molecule has 3 heterocycles. The number of carbonyl (C=O) groups is 1. The molecule has 1 fully saturated rings. The number of hydrogen-bond acceptors (Lipinski definition) is 5. The smallest absolute Gasteiger partial charge is 0.410 e.